The van der Waals surface area contributed by atoms with Crippen LogP contribution in [-0.4, -0.2) is 12.5 Å². The Hall–Kier alpha value is -2.80. The molecule has 0 fully saturated rings. The molecule has 0 saturated carbocycles. The summed E-state index contributed by atoms with van der Waals surface area (Å²) in [6.07, 6.45) is 0. The maximum atomic E-state index is 12.3. The number of nitriles is 1. The molecule has 0 bridgehead atoms. The van der Waals surface area contributed by atoms with E-state index in [4.69, 9.17) is 5.26 Å². The molecule has 2 rings (SSSR count). The van der Waals surface area contributed by atoms with E-state index in [9.17, 15) is 4.79 Å². The van der Waals surface area contributed by atoms with Gasteiger partial charge in [0.25, 0.3) is 0 Å². The highest BCUT2D eigenvalue weighted by Gasteiger charge is 2.14. The van der Waals surface area contributed by atoms with Gasteiger partial charge in [-0.25, -0.2) is 0 Å². The molecule has 0 aliphatic heterocycles. The molecule has 130 valence electrons. The zero-order valence-corrected chi connectivity index (χ0v) is 15.3. The fraction of sp³-hybridized carbons (Fsp3) is 0.333. The van der Waals surface area contributed by atoms with Crippen LogP contribution >= 0.6 is 0 Å². The molecule has 0 aliphatic rings. The predicted octanol–water partition coefficient (Wildman–Crippen LogP) is 4.86. The van der Waals surface area contributed by atoms with Gasteiger partial charge >= 0.3 is 0 Å². The van der Waals surface area contributed by atoms with Crippen LogP contribution in [0.1, 0.15) is 56.2 Å². The van der Waals surface area contributed by atoms with Crippen LogP contribution in [0, 0.1) is 11.3 Å². The van der Waals surface area contributed by atoms with Crippen LogP contribution in [0.2, 0.25) is 0 Å². The molecule has 2 N–H and O–H groups in total. The van der Waals surface area contributed by atoms with E-state index in [1.165, 1.54) is 11.1 Å². The minimum absolute atomic E-state index is 0.156. The van der Waals surface area contributed by atoms with Crippen molar-refractivity contribution >= 4 is 17.3 Å². The van der Waals surface area contributed by atoms with Gasteiger partial charge in [-0.05, 0) is 35.1 Å². The van der Waals surface area contributed by atoms with E-state index in [0.717, 1.165) is 5.69 Å². The number of carbonyl (C=O) groups is 1. The van der Waals surface area contributed by atoms with Crippen molar-refractivity contribution in [2.75, 3.05) is 17.2 Å². The molecule has 2 aromatic rings. The molecule has 0 atom stereocenters. The number of hydrogen-bond donors (Lipinski definition) is 2. The predicted molar refractivity (Wildman–Crippen MR) is 103 cm³/mol. The third-order valence-electron chi connectivity index (χ3n) is 4.12. The quantitative estimate of drug-likeness (QED) is 0.792. The number of hydrogen-bond acceptors (Lipinski definition) is 3. The van der Waals surface area contributed by atoms with Crippen molar-refractivity contribution in [1.29, 1.82) is 5.26 Å². The lowest BCUT2D eigenvalue weighted by atomic mass is 9.92. The van der Waals surface area contributed by atoms with Gasteiger partial charge in [-0.1, -0.05) is 58.0 Å². The molecule has 0 unspecified atom stereocenters. The van der Waals surface area contributed by atoms with E-state index >= 15 is 0 Å². The van der Waals surface area contributed by atoms with Crippen molar-refractivity contribution in [2.45, 2.75) is 39.5 Å². The van der Waals surface area contributed by atoms with Crippen molar-refractivity contribution < 1.29 is 4.79 Å². The van der Waals surface area contributed by atoms with Crippen LogP contribution in [0.15, 0.2) is 42.5 Å². The first-order valence-corrected chi connectivity index (χ1v) is 8.59. The third-order valence-corrected chi connectivity index (χ3v) is 4.12. The highest BCUT2D eigenvalue weighted by atomic mass is 16.1. The topological polar surface area (TPSA) is 64.9 Å². The highest BCUT2D eigenvalue weighted by Crippen LogP contribution is 2.32. The van der Waals surface area contributed by atoms with Gasteiger partial charge < -0.3 is 10.6 Å². The Kier molecular flexibility index (Phi) is 6.19. The van der Waals surface area contributed by atoms with E-state index in [2.05, 4.69) is 62.6 Å². The molecule has 4 nitrogen and oxygen atoms in total. The first kappa shape index (κ1) is 18.5. The summed E-state index contributed by atoms with van der Waals surface area (Å²) < 4.78 is 0. The lowest BCUT2D eigenvalue weighted by Crippen LogP contribution is -2.23. The number of anilines is 2. The van der Waals surface area contributed by atoms with Crippen LogP contribution in [0.4, 0.5) is 11.4 Å². The normalized spacial score (nSPS) is 10.6. The third kappa shape index (κ3) is 4.60. The van der Waals surface area contributed by atoms with Crippen LogP contribution in [0.3, 0.4) is 0 Å². The fourth-order valence-electron chi connectivity index (χ4n) is 2.81. The van der Waals surface area contributed by atoms with Gasteiger partial charge in [0, 0.05) is 5.69 Å². The summed E-state index contributed by atoms with van der Waals surface area (Å²) in [7, 11) is 0. The largest absolute Gasteiger partial charge is 0.376 e. The van der Waals surface area contributed by atoms with Gasteiger partial charge in [0.2, 0.25) is 5.91 Å². The Bertz CT molecular complexity index is 762. The first-order chi connectivity index (χ1) is 11.9. The summed E-state index contributed by atoms with van der Waals surface area (Å²) in [4.78, 5) is 12.3. The molecule has 2 aromatic carbocycles. The lowest BCUT2D eigenvalue weighted by molar-refractivity contribution is -0.114. The number of benzene rings is 2. The summed E-state index contributed by atoms with van der Waals surface area (Å²) in [5.74, 6) is 0.558. The number of carbonyl (C=O) groups excluding carboxylic acids is 1. The fourth-order valence-corrected chi connectivity index (χ4v) is 2.81. The number of amides is 1. The molecule has 0 radical (unpaired) electrons. The Morgan fingerprint density at radius 2 is 1.60 bits per heavy atom. The van der Waals surface area contributed by atoms with Gasteiger partial charge in [0.05, 0.1) is 17.8 Å². The molecule has 25 heavy (non-hydrogen) atoms. The Morgan fingerprint density at radius 1 is 1.00 bits per heavy atom. The zero-order valence-electron chi connectivity index (χ0n) is 15.3. The van der Waals surface area contributed by atoms with Gasteiger partial charge in [0.1, 0.15) is 6.07 Å². The van der Waals surface area contributed by atoms with E-state index in [1.807, 2.05) is 0 Å². The van der Waals surface area contributed by atoms with E-state index in [-0.39, 0.29) is 12.5 Å². The average Bonchev–Trinajstić information content (AvgIpc) is 2.59. The van der Waals surface area contributed by atoms with Crippen LogP contribution in [0.25, 0.3) is 0 Å². The maximum absolute atomic E-state index is 12.3. The summed E-state index contributed by atoms with van der Waals surface area (Å²) >= 11 is 0. The number of nitrogens with one attached hydrogen (secondary N) is 2. The minimum atomic E-state index is -0.170. The second kappa shape index (κ2) is 8.34. The molecule has 4 heteroatoms. The number of para-hydroxylation sites is 2. The first-order valence-electron chi connectivity index (χ1n) is 8.59. The van der Waals surface area contributed by atoms with Gasteiger partial charge in [-0.15, -0.1) is 0 Å². The van der Waals surface area contributed by atoms with Crippen LogP contribution < -0.4 is 10.6 Å². The molecule has 0 saturated heterocycles. The van der Waals surface area contributed by atoms with Crippen LogP contribution in [0.5, 0.6) is 0 Å². The van der Waals surface area contributed by atoms with E-state index < -0.39 is 0 Å². The maximum Gasteiger partial charge on any atom is 0.243 e. The summed E-state index contributed by atoms with van der Waals surface area (Å²) in [5.41, 5.74) is 4.45. The van der Waals surface area contributed by atoms with E-state index in [1.54, 1.807) is 24.3 Å². The van der Waals surface area contributed by atoms with Crippen molar-refractivity contribution in [3.8, 4) is 6.07 Å². The number of rotatable bonds is 6. The number of nitrogens with zero attached hydrogens (tertiary/aromatic N) is 1. The Labute approximate surface area is 149 Å². The minimum Gasteiger partial charge on any atom is -0.376 e. The highest BCUT2D eigenvalue weighted by molar-refractivity contribution is 5.95. The molecule has 1 amide bonds. The Balaban J connectivity index is 2.15. The van der Waals surface area contributed by atoms with Gasteiger partial charge in [0.15, 0.2) is 0 Å². The molecule has 0 spiro atoms. The summed E-state index contributed by atoms with van der Waals surface area (Å²) in [6.45, 7) is 8.74. The van der Waals surface area contributed by atoms with Crippen molar-refractivity contribution in [3.63, 3.8) is 0 Å². The van der Waals surface area contributed by atoms with Crippen molar-refractivity contribution in [3.05, 3.63) is 59.2 Å². The zero-order chi connectivity index (χ0) is 18.4. The molecule has 0 aliphatic carbocycles. The lowest BCUT2D eigenvalue weighted by Gasteiger charge is -2.20. The van der Waals surface area contributed by atoms with Gasteiger partial charge in [-0.2, -0.15) is 5.26 Å². The molecular weight excluding hydrogens is 310 g/mol. The summed E-state index contributed by atoms with van der Waals surface area (Å²) in [6, 6.07) is 15.4. The average molecular weight is 335 g/mol. The molecule has 0 heterocycles. The van der Waals surface area contributed by atoms with Crippen molar-refractivity contribution in [1.82, 2.24) is 0 Å². The SMILES string of the molecule is CC(C)c1cccc(C(C)C)c1NCC(=O)Nc1ccccc1C#N. The molecular formula is C21H25N3O. The van der Waals surface area contributed by atoms with Crippen molar-refractivity contribution in [2.24, 2.45) is 0 Å². The standard InChI is InChI=1S/C21H25N3O/c1-14(2)17-9-7-10-18(15(3)4)21(17)23-13-20(25)24-19-11-6-5-8-16(19)12-22/h5-11,14-15,23H,13H2,1-4H3,(H,24,25). The summed E-state index contributed by atoms with van der Waals surface area (Å²) in [5, 5.41) is 15.2. The second-order valence-corrected chi connectivity index (χ2v) is 6.68. The second-order valence-electron chi connectivity index (χ2n) is 6.68. The Morgan fingerprint density at radius 3 is 2.16 bits per heavy atom. The smallest absolute Gasteiger partial charge is 0.243 e. The van der Waals surface area contributed by atoms with Gasteiger partial charge in [-0.3, -0.25) is 4.79 Å². The molecule has 0 aromatic heterocycles. The van der Waals surface area contributed by atoms with E-state index in [0.29, 0.717) is 23.1 Å². The monoisotopic (exact) mass is 335 g/mol. The van der Waals surface area contributed by atoms with Crippen LogP contribution in [-0.2, 0) is 4.79 Å².